The van der Waals surface area contributed by atoms with Crippen molar-refractivity contribution >= 4 is 0 Å². The molecule has 0 amide bonds. The van der Waals surface area contributed by atoms with Crippen LogP contribution in [0.1, 0.15) is 32.8 Å². The maximum absolute atomic E-state index is 5.76. The Labute approximate surface area is 80.7 Å². The molecule has 0 fully saturated rings. The van der Waals surface area contributed by atoms with Gasteiger partial charge >= 0.3 is 0 Å². The lowest BCUT2D eigenvalue weighted by molar-refractivity contribution is -0.0316. The van der Waals surface area contributed by atoms with E-state index in [4.69, 9.17) is 4.74 Å². The summed E-state index contributed by atoms with van der Waals surface area (Å²) in [6.07, 6.45) is 1.04. The molecule has 1 nitrogen and oxygen atoms in total. The molecule has 0 atom stereocenters. The van der Waals surface area contributed by atoms with Crippen molar-refractivity contribution in [3.8, 4) is 0 Å². The van der Waals surface area contributed by atoms with Gasteiger partial charge in [0, 0.05) is 0 Å². The van der Waals surface area contributed by atoms with Crippen LogP contribution >= 0.6 is 0 Å². The lowest BCUT2D eigenvalue weighted by atomic mass is 10.1. The minimum Gasteiger partial charge on any atom is -0.371 e. The van der Waals surface area contributed by atoms with Crippen LogP contribution in [0.25, 0.3) is 0 Å². The first-order chi connectivity index (χ1) is 6.14. The molecule has 1 aromatic rings. The third kappa shape index (κ3) is 3.60. The van der Waals surface area contributed by atoms with E-state index < -0.39 is 0 Å². The van der Waals surface area contributed by atoms with E-state index >= 15 is 0 Å². The minimum atomic E-state index is -0.00413. The molecule has 0 saturated heterocycles. The number of hydrogen-bond donors (Lipinski definition) is 0. The molecule has 1 rings (SSSR count). The first-order valence-electron chi connectivity index (χ1n) is 4.82. The predicted octanol–water partition coefficient (Wildman–Crippen LogP) is 3.39. The Hall–Kier alpha value is -0.820. The largest absolute Gasteiger partial charge is 0.371 e. The molecule has 0 spiro atoms. The summed E-state index contributed by atoms with van der Waals surface area (Å²) in [6, 6.07) is 10.3. The summed E-state index contributed by atoms with van der Waals surface area (Å²) in [5.74, 6) is 0. The fourth-order valence-corrected chi connectivity index (χ4v) is 0.955. The molecule has 1 heteroatoms. The van der Waals surface area contributed by atoms with Gasteiger partial charge in [0.25, 0.3) is 0 Å². The Morgan fingerprint density at radius 3 is 2.31 bits per heavy atom. The van der Waals surface area contributed by atoms with Crippen LogP contribution in [0.3, 0.4) is 0 Å². The number of benzene rings is 1. The van der Waals surface area contributed by atoms with E-state index in [1.807, 2.05) is 18.2 Å². The molecule has 72 valence electrons. The first kappa shape index (κ1) is 10.3. The van der Waals surface area contributed by atoms with E-state index in [2.05, 4.69) is 32.9 Å². The van der Waals surface area contributed by atoms with E-state index in [9.17, 15) is 0 Å². The van der Waals surface area contributed by atoms with Crippen molar-refractivity contribution in [2.45, 2.75) is 39.4 Å². The summed E-state index contributed by atoms with van der Waals surface area (Å²) in [5, 5.41) is 0. The summed E-state index contributed by atoms with van der Waals surface area (Å²) in [6.45, 7) is 7.10. The van der Waals surface area contributed by atoms with Gasteiger partial charge in [-0.2, -0.15) is 0 Å². The van der Waals surface area contributed by atoms with Gasteiger partial charge in [-0.3, -0.25) is 0 Å². The smallest absolute Gasteiger partial charge is 0.0724 e. The zero-order valence-electron chi connectivity index (χ0n) is 8.71. The predicted molar refractivity (Wildman–Crippen MR) is 55.6 cm³/mol. The normalized spacial score (nSPS) is 11.6. The molecule has 0 unspecified atom stereocenters. The summed E-state index contributed by atoms with van der Waals surface area (Å²) in [5.41, 5.74) is 1.24. The Balaban J connectivity index is 2.44. The van der Waals surface area contributed by atoms with Crippen LogP contribution in [0.4, 0.5) is 0 Å². The van der Waals surface area contributed by atoms with Gasteiger partial charge in [0.1, 0.15) is 0 Å². The molecule has 0 radical (unpaired) electrons. The van der Waals surface area contributed by atoms with Crippen molar-refractivity contribution in [2.75, 3.05) is 0 Å². The molecule has 13 heavy (non-hydrogen) atoms. The second-order valence-corrected chi connectivity index (χ2v) is 3.89. The van der Waals surface area contributed by atoms with Gasteiger partial charge in [0.2, 0.25) is 0 Å². The van der Waals surface area contributed by atoms with E-state index in [0.29, 0.717) is 6.61 Å². The Morgan fingerprint density at radius 1 is 1.15 bits per heavy atom. The van der Waals surface area contributed by atoms with Gasteiger partial charge in [0.15, 0.2) is 0 Å². The summed E-state index contributed by atoms with van der Waals surface area (Å²) >= 11 is 0. The minimum absolute atomic E-state index is 0.00413. The van der Waals surface area contributed by atoms with Gasteiger partial charge in [-0.1, -0.05) is 37.3 Å². The second kappa shape index (κ2) is 4.43. The monoisotopic (exact) mass is 178 g/mol. The Morgan fingerprint density at radius 2 is 1.77 bits per heavy atom. The van der Waals surface area contributed by atoms with Crippen molar-refractivity contribution in [2.24, 2.45) is 0 Å². The molecule has 0 aliphatic heterocycles. The quantitative estimate of drug-likeness (QED) is 0.686. The fraction of sp³-hybridized carbons (Fsp3) is 0.500. The van der Waals surface area contributed by atoms with Gasteiger partial charge in [-0.05, 0) is 25.8 Å². The lowest BCUT2D eigenvalue weighted by Crippen LogP contribution is -2.22. The van der Waals surface area contributed by atoms with Gasteiger partial charge in [-0.25, -0.2) is 0 Å². The highest BCUT2D eigenvalue weighted by molar-refractivity contribution is 5.13. The van der Waals surface area contributed by atoms with Crippen LogP contribution in [-0.4, -0.2) is 5.60 Å². The van der Waals surface area contributed by atoms with Crippen molar-refractivity contribution in [1.82, 2.24) is 0 Å². The molecular formula is C12H18O. The standard InChI is InChI=1S/C12H18O/c1-4-12(2,3)13-10-11-8-6-5-7-9-11/h5-9H,4,10H2,1-3H3. The van der Waals surface area contributed by atoms with Crippen molar-refractivity contribution in [3.05, 3.63) is 35.9 Å². The van der Waals surface area contributed by atoms with Crippen LogP contribution in [0.2, 0.25) is 0 Å². The highest BCUT2D eigenvalue weighted by atomic mass is 16.5. The summed E-state index contributed by atoms with van der Waals surface area (Å²) < 4.78 is 5.76. The number of hydrogen-bond acceptors (Lipinski definition) is 1. The van der Waals surface area contributed by atoms with Crippen LogP contribution in [-0.2, 0) is 11.3 Å². The lowest BCUT2D eigenvalue weighted by Gasteiger charge is -2.23. The average Bonchev–Trinajstić information content (AvgIpc) is 2.17. The molecule has 0 aromatic heterocycles. The molecule has 0 N–H and O–H groups in total. The third-order valence-electron chi connectivity index (χ3n) is 2.32. The molecule has 1 aromatic carbocycles. The van der Waals surface area contributed by atoms with E-state index in [-0.39, 0.29) is 5.60 Å². The van der Waals surface area contributed by atoms with Crippen molar-refractivity contribution < 1.29 is 4.74 Å². The van der Waals surface area contributed by atoms with Crippen LogP contribution in [0.15, 0.2) is 30.3 Å². The molecule has 0 aliphatic rings. The van der Waals surface area contributed by atoms with Gasteiger partial charge in [0.05, 0.1) is 12.2 Å². The molecule has 0 saturated carbocycles. The number of rotatable bonds is 4. The molecular weight excluding hydrogens is 160 g/mol. The molecule has 0 heterocycles. The summed E-state index contributed by atoms with van der Waals surface area (Å²) in [7, 11) is 0. The third-order valence-corrected chi connectivity index (χ3v) is 2.32. The van der Waals surface area contributed by atoms with E-state index in [1.165, 1.54) is 5.56 Å². The van der Waals surface area contributed by atoms with Gasteiger partial charge in [-0.15, -0.1) is 0 Å². The van der Waals surface area contributed by atoms with Crippen LogP contribution in [0.5, 0.6) is 0 Å². The van der Waals surface area contributed by atoms with Crippen LogP contribution in [0, 0.1) is 0 Å². The second-order valence-electron chi connectivity index (χ2n) is 3.89. The first-order valence-corrected chi connectivity index (χ1v) is 4.82. The SMILES string of the molecule is CCC(C)(C)OCc1ccccc1. The molecule has 0 aliphatic carbocycles. The number of ether oxygens (including phenoxy) is 1. The highest BCUT2D eigenvalue weighted by Crippen LogP contribution is 2.15. The topological polar surface area (TPSA) is 9.23 Å². The Bertz CT molecular complexity index is 239. The van der Waals surface area contributed by atoms with Crippen molar-refractivity contribution in [3.63, 3.8) is 0 Å². The van der Waals surface area contributed by atoms with E-state index in [1.54, 1.807) is 0 Å². The zero-order chi connectivity index (χ0) is 9.73. The van der Waals surface area contributed by atoms with E-state index in [0.717, 1.165) is 6.42 Å². The zero-order valence-corrected chi connectivity index (χ0v) is 8.71. The summed E-state index contributed by atoms with van der Waals surface area (Å²) in [4.78, 5) is 0. The fourth-order valence-electron chi connectivity index (χ4n) is 0.955. The maximum Gasteiger partial charge on any atom is 0.0724 e. The molecule has 0 bridgehead atoms. The van der Waals surface area contributed by atoms with Crippen molar-refractivity contribution in [1.29, 1.82) is 0 Å². The highest BCUT2D eigenvalue weighted by Gasteiger charge is 2.14. The van der Waals surface area contributed by atoms with Gasteiger partial charge < -0.3 is 4.74 Å². The average molecular weight is 178 g/mol. The Kier molecular flexibility index (Phi) is 3.49. The van der Waals surface area contributed by atoms with Crippen LogP contribution < -0.4 is 0 Å². The maximum atomic E-state index is 5.76.